The maximum Gasteiger partial charge on any atom is 0.337 e. The second-order valence-electron chi connectivity index (χ2n) is 16.7. The molecule has 0 aliphatic carbocycles. The van der Waals surface area contributed by atoms with Crippen molar-refractivity contribution in [3.05, 3.63) is 102 Å². The number of carbonyl (C=O) groups excluding carboxylic acids is 4. The molecule has 0 fully saturated rings. The first-order valence-electron chi connectivity index (χ1n) is 22.1. The minimum Gasteiger partial charge on any atom is -0.494 e. The van der Waals surface area contributed by atoms with Crippen LogP contribution in [-0.2, 0) is 38.2 Å². The number of methoxy groups -OCH3 is 1. The fourth-order valence-electron chi connectivity index (χ4n) is 4.21. The number of carboxylic acids is 2. The van der Waals surface area contributed by atoms with E-state index in [0.29, 0.717) is 30.0 Å². The summed E-state index contributed by atoms with van der Waals surface area (Å²) in [5.74, 6) is -1.53. The summed E-state index contributed by atoms with van der Waals surface area (Å²) in [5, 5.41) is 19.6. The summed E-state index contributed by atoms with van der Waals surface area (Å²) >= 11 is 0. The van der Waals surface area contributed by atoms with Crippen LogP contribution in [0.2, 0.25) is 0 Å². The normalized spacial score (nSPS) is 11.0. The molecule has 3 aromatic carbocycles. The highest BCUT2D eigenvalue weighted by atomic mass is 16.6. The van der Waals surface area contributed by atoms with Crippen LogP contribution < -0.4 is 10.1 Å². The van der Waals surface area contributed by atoms with E-state index >= 15 is 0 Å². The van der Waals surface area contributed by atoms with E-state index in [-0.39, 0.29) is 43.9 Å². The van der Waals surface area contributed by atoms with Crippen molar-refractivity contribution >= 4 is 47.5 Å². The summed E-state index contributed by atoms with van der Waals surface area (Å²) in [6, 6.07) is 25.1. The molecule has 362 valence electrons. The van der Waals surface area contributed by atoms with Crippen molar-refractivity contribution < 1.29 is 57.9 Å². The van der Waals surface area contributed by atoms with E-state index < -0.39 is 34.2 Å². The van der Waals surface area contributed by atoms with Gasteiger partial charge in [-0.05, 0) is 114 Å². The van der Waals surface area contributed by atoms with Gasteiger partial charge in [0.15, 0.2) is 0 Å². The van der Waals surface area contributed by atoms with E-state index in [1.54, 1.807) is 52.0 Å². The first-order valence-corrected chi connectivity index (χ1v) is 22.1. The second-order valence-corrected chi connectivity index (χ2v) is 16.7. The minimum atomic E-state index is -1.05. The Kier molecular flexibility index (Phi) is 30.7. The number of hydrogen-bond donors (Lipinski definition) is 3. The van der Waals surface area contributed by atoms with Crippen LogP contribution in [0.25, 0.3) is 6.08 Å². The molecule has 1 unspecified atom stereocenters. The number of nitrogens with one attached hydrogen (secondary N) is 1. The van der Waals surface area contributed by atoms with Crippen LogP contribution in [0.15, 0.2) is 85.4 Å². The molecule has 0 spiro atoms. The van der Waals surface area contributed by atoms with Gasteiger partial charge in [0.25, 0.3) is 0 Å². The first-order chi connectivity index (χ1) is 30.4. The third-order valence-corrected chi connectivity index (χ3v) is 10.5. The molecule has 3 aromatic rings. The van der Waals surface area contributed by atoms with Gasteiger partial charge in [0.05, 0.1) is 43.0 Å². The predicted molar refractivity (Wildman–Crippen MR) is 258 cm³/mol. The van der Waals surface area contributed by atoms with Crippen LogP contribution in [0.3, 0.4) is 0 Å². The number of benzene rings is 3. The molecule has 0 aromatic heterocycles. The molecule has 0 aliphatic rings. The van der Waals surface area contributed by atoms with Gasteiger partial charge in [0.2, 0.25) is 5.91 Å². The molecule has 3 N–H and O–H groups in total. The second kappa shape index (κ2) is 32.6. The van der Waals surface area contributed by atoms with Crippen molar-refractivity contribution in [2.45, 2.75) is 128 Å². The van der Waals surface area contributed by atoms with Crippen molar-refractivity contribution in [1.29, 1.82) is 0 Å². The molecule has 0 heterocycles. The van der Waals surface area contributed by atoms with Gasteiger partial charge in [0.1, 0.15) is 19.0 Å². The van der Waals surface area contributed by atoms with Crippen molar-refractivity contribution in [1.82, 2.24) is 0 Å². The summed E-state index contributed by atoms with van der Waals surface area (Å²) in [5.41, 5.74) is 2.21. The lowest BCUT2D eigenvalue weighted by Gasteiger charge is -2.21. The first kappa shape index (κ1) is 61.1. The van der Waals surface area contributed by atoms with Gasteiger partial charge in [-0.2, -0.15) is 0 Å². The van der Waals surface area contributed by atoms with E-state index in [1.807, 2.05) is 90.1 Å². The topological polar surface area (TPSA) is 192 Å². The third kappa shape index (κ3) is 27.1. The summed E-state index contributed by atoms with van der Waals surface area (Å²) < 4.78 is 19.6. The maximum absolute atomic E-state index is 11.9. The molecular formula is C52H77NO12. The van der Waals surface area contributed by atoms with Gasteiger partial charge in [-0.1, -0.05) is 104 Å². The zero-order valence-electron chi connectivity index (χ0n) is 41.2. The Morgan fingerprint density at radius 1 is 0.692 bits per heavy atom. The van der Waals surface area contributed by atoms with E-state index in [1.165, 1.54) is 24.7 Å². The molecule has 0 bridgehead atoms. The molecular weight excluding hydrogens is 831 g/mol. The van der Waals surface area contributed by atoms with Gasteiger partial charge in [0, 0.05) is 11.1 Å². The van der Waals surface area contributed by atoms with Gasteiger partial charge >= 0.3 is 29.8 Å². The zero-order valence-corrected chi connectivity index (χ0v) is 41.2. The fourth-order valence-corrected chi connectivity index (χ4v) is 4.21. The summed E-state index contributed by atoms with van der Waals surface area (Å²) in [4.78, 5) is 66.2. The molecule has 0 saturated carbocycles. The highest BCUT2D eigenvalue weighted by Crippen LogP contribution is 2.24. The van der Waals surface area contributed by atoms with Crippen molar-refractivity contribution in [3.8, 4) is 5.75 Å². The van der Waals surface area contributed by atoms with E-state index in [2.05, 4.69) is 42.6 Å². The lowest BCUT2D eigenvalue weighted by Crippen LogP contribution is -2.29. The van der Waals surface area contributed by atoms with Crippen LogP contribution in [0.1, 0.15) is 149 Å². The number of esters is 3. The molecule has 0 aliphatic heterocycles. The van der Waals surface area contributed by atoms with E-state index in [9.17, 15) is 28.8 Å². The minimum absolute atomic E-state index is 0.0128. The lowest BCUT2D eigenvalue weighted by atomic mass is 9.89. The van der Waals surface area contributed by atoms with Crippen LogP contribution >= 0.6 is 0 Å². The lowest BCUT2D eigenvalue weighted by molar-refractivity contribution is -0.159. The number of ether oxygens (including phenoxy) is 4. The van der Waals surface area contributed by atoms with E-state index in [4.69, 9.17) is 24.4 Å². The molecule has 3 rings (SSSR count). The Hall–Kier alpha value is -5.98. The van der Waals surface area contributed by atoms with Gasteiger partial charge < -0.3 is 34.5 Å². The van der Waals surface area contributed by atoms with Crippen LogP contribution in [-0.4, -0.2) is 72.9 Å². The number of anilines is 1. The fraction of sp³-hybridized carbons (Fsp3) is 0.500. The molecule has 1 amide bonds. The molecule has 0 radical (unpaired) electrons. The number of hydrogen-bond acceptors (Lipinski definition) is 10. The van der Waals surface area contributed by atoms with Crippen LogP contribution in [0.5, 0.6) is 5.75 Å². The van der Waals surface area contributed by atoms with Crippen LogP contribution in [0.4, 0.5) is 5.69 Å². The summed E-state index contributed by atoms with van der Waals surface area (Å²) in [6.45, 7) is 27.3. The van der Waals surface area contributed by atoms with E-state index in [0.717, 1.165) is 18.8 Å². The smallest absolute Gasteiger partial charge is 0.337 e. The van der Waals surface area contributed by atoms with Crippen LogP contribution in [0, 0.1) is 16.2 Å². The summed E-state index contributed by atoms with van der Waals surface area (Å²) in [6.07, 6.45) is 4.69. The Balaban J connectivity index is 0. The van der Waals surface area contributed by atoms with Gasteiger partial charge in [-0.3, -0.25) is 24.0 Å². The Labute approximate surface area is 388 Å². The standard InChI is InChI=1S/C14H19NO3.C12H20O6.C12H18O.C8H8.C6H12O2/c1-5-14(2,3)13(17)15-11-8-6-10(7-9-11)12(16)18-4;1-4-12(2,3)11(16)18-8-7-17-10(15)6-5-9(13)14;1-4-10(3)11-6-8-12(9-7-11)13-5-2;1-2-8-6-4-3-5-7-8;1-4-6(2,3)5(7)8/h6-9H,5H2,1-4H3,(H,15,17);4-8H2,1-3H3,(H,13,14);6-10H,4-5H2,1-3H3;2-7H,1H2;4H2,1-3H3,(H,7,8). The van der Waals surface area contributed by atoms with Crippen molar-refractivity contribution in [3.63, 3.8) is 0 Å². The SMILES string of the molecule is C=Cc1ccccc1.CCC(C)(C)C(=O)Nc1ccc(C(=O)OC)cc1.CCC(C)(C)C(=O)O.CCC(C)(C)C(=O)OCCOC(=O)CCC(=O)O.CCOc1ccc(C(C)CC)cc1. The average Bonchev–Trinajstić information content (AvgIpc) is 3.30. The highest BCUT2D eigenvalue weighted by Gasteiger charge is 2.27. The average molecular weight is 908 g/mol. The maximum atomic E-state index is 11.9. The molecule has 1 atom stereocenters. The molecule has 13 heteroatoms. The molecule has 65 heavy (non-hydrogen) atoms. The van der Waals surface area contributed by atoms with Gasteiger partial charge in [-0.15, -0.1) is 0 Å². The monoisotopic (exact) mass is 908 g/mol. The Morgan fingerprint density at radius 2 is 1.22 bits per heavy atom. The Morgan fingerprint density at radius 3 is 1.62 bits per heavy atom. The third-order valence-electron chi connectivity index (χ3n) is 10.5. The zero-order chi connectivity index (χ0) is 50.2. The number of carboxylic acid groups (broad SMARTS) is 2. The number of aliphatic carboxylic acids is 2. The van der Waals surface area contributed by atoms with Crippen molar-refractivity contribution in [2.75, 3.05) is 32.2 Å². The largest absolute Gasteiger partial charge is 0.494 e. The quantitative estimate of drug-likeness (QED) is 0.0586. The van der Waals surface area contributed by atoms with Gasteiger partial charge in [-0.25, -0.2) is 4.79 Å². The molecule has 13 nitrogen and oxygen atoms in total. The number of rotatable bonds is 19. The predicted octanol–water partition coefficient (Wildman–Crippen LogP) is 11.7. The highest BCUT2D eigenvalue weighted by molar-refractivity contribution is 5.95. The van der Waals surface area contributed by atoms with Crippen molar-refractivity contribution in [2.24, 2.45) is 16.2 Å². The number of amides is 1. The number of carbonyl (C=O) groups is 6. The summed E-state index contributed by atoms with van der Waals surface area (Å²) in [7, 11) is 1.34. The molecule has 0 saturated heterocycles. The Bertz CT molecular complexity index is 1850.